The molecule has 0 spiro atoms. The Morgan fingerprint density at radius 2 is 1.67 bits per heavy atom. The number of amides is 1. The van der Waals surface area contributed by atoms with Crippen LogP contribution < -0.4 is 20.5 Å². The molecular weight excluding hydrogens is 678 g/mol. The van der Waals surface area contributed by atoms with Crippen molar-refractivity contribution in [3.63, 3.8) is 0 Å². The average molecular weight is 747 g/mol. The molecule has 1 amide bonds. The van der Waals surface area contributed by atoms with Gasteiger partial charge in [0.15, 0.2) is 5.71 Å². The summed E-state index contributed by atoms with van der Waals surface area (Å²) in [5.74, 6) is -1.63. The van der Waals surface area contributed by atoms with Gasteiger partial charge in [-0.05, 0) is 88.6 Å². The van der Waals surface area contributed by atoms with E-state index in [0.717, 1.165) is 25.7 Å². The van der Waals surface area contributed by atoms with E-state index >= 15 is 0 Å². The van der Waals surface area contributed by atoms with Crippen LogP contribution in [0.25, 0.3) is 5.57 Å². The lowest BCUT2D eigenvalue weighted by Gasteiger charge is -2.38. The third kappa shape index (κ3) is 8.59. The Kier molecular flexibility index (Phi) is 7.44. The van der Waals surface area contributed by atoms with Crippen LogP contribution in [0.2, 0.25) is 13.1 Å². The highest BCUT2D eigenvalue weighted by Gasteiger charge is 2.41. The lowest BCUT2D eigenvalue weighted by Crippen LogP contribution is -2.50. The van der Waals surface area contributed by atoms with Gasteiger partial charge in [-0.25, -0.2) is 4.58 Å². The van der Waals surface area contributed by atoms with Crippen LogP contribution in [0.1, 0.15) is 105 Å². The summed E-state index contributed by atoms with van der Waals surface area (Å²) in [5.41, 5.74) is -0.260. The summed E-state index contributed by atoms with van der Waals surface area (Å²) in [6.45, 7) is -8.14. The molecule has 2 aromatic carbocycles. The number of carbonyl (C=O) groups is 2. The fourth-order valence-corrected chi connectivity index (χ4v) is 9.69. The van der Waals surface area contributed by atoms with E-state index in [1.807, 2.05) is 0 Å². The third-order valence-electron chi connectivity index (χ3n) is 9.05. The van der Waals surface area contributed by atoms with E-state index in [9.17, 15) is 14.7 Å². The number of halogens is 1. The van der Waals surface area contributed by atoms with Gasteiger partial charge in [0.25, 0.3) is 5.91 Å². The van der Waals surface area contributed by atoms with Crippen LogP contribution in [0, 0.1) is 0 Å². The Bertz CT molecular complexity index is 2400. The molecule has 0 unspecified atom stereocenters. The maximum absolute atomic E-state index is 13.6. The van der Waals surface area contributed by atoms with E-state index in [1.54, 1.807) is 13.1 Å². The Balaban J connectivity index is 1.47. The summed E-state index contributed by atoms with van der Waals surface area (Å²) < 4.78 is 149. The van der Waals surface area contributed by atoms with Crippen LogP contribution >= 0.6 is 11.6 Å². The number of hydrogen-bond donors (Lipinski definition) is 1. The maximum atomic E-state index is 13.6. The van der Waals surface area contributed by atoms with Crippen LogP contribution in [0.15, 0.2) is 65.4 Å². The molecule has 2 fully saturated rings. The smallest absolute Gasteiger partial charge is 0.251 e. The van der Waals surface area contributed by atoms with Gasteiger partial charge in [-0.15, -0.1) is 11.6 Å². The number of aromatic carboxylic acids is 1. The van der Waals surface area contributed by atoms with Crippen molar-refractivity contribution >= 4 is 53.7 Å². The van der Waals surface area contributed by atoms with E-state index in [2.05, 4.69) is 5.32 Å². The van der Waals surface area contributed by atoms with Gasteiger partial charge in [0.1, 0.15) is 26.6 Å². The maximum Gasteiger partial charge on any atom is 0.251 e. The molecule has 51 heavy (non-hydrogen) atoms. The molecule has 3 aliphatic heterocycles. The highest BCUT2D eigenvalue weighted by Crippen LogP contribution is 2.43. The molecule has 2 saturated heterocycles. The molecule has 0 radical (unpaired) electrons. The van der Waals surface area contributed by atoms with Crippen molar-refractivity contribution in [1.82, 2.24) is 5.32 Å². The zero-order valence-electron chi connectivity index (χ0n) is 44.6. The number of alkyl halides is 1. The summed E-state index contributed by atoms with van der Waals surface area (Å²) >= 11 is 5.70. The number of nitrogens with zero attached hydrogens (tertiary/aromatic N) is 2. The van der Waals surface area contributed by atoms with Crippen molar-refractivity contribution < 1.29 is 50.7 Å². The summed E-state index contributed by atoms with van der Waals surface area (Å²) in [6.07, 6.45) is -5.64. The van der Waals surface area contributed by atoms with E-state index in [0.29, 0.717) is 50.1 Å². The molecular formula is C41H52ClN3O5Si. The largest absolute Gasteiger partial charge is 0.545 e. The lowest BCUT2D eigenvalue weighted by molar-refractivity contribution is -0.504. The molecule has 0 atom stereocenters. The first-order valence-corrected chi connectivity index (χ1v) is 20.5. The Morgan fingerprint density at radius 1 is 0.922 bits per heavy atom. The van der Waals surface area contributed by atoms with Gasteiger partial charge >= 0.3 is 0 Å². The van der Waals surface area contributed by atoms with Crippen molar-refractivity contribution in [3.8, 4) is 0 Å². The topological polar surface area (TPSA) is 93.9 Å². The van der Waals surface area contributed by atoms with Crippen LogP contribution in [-0.4, -0.2) is 95.1 Å². The average Bonchev–Trinajstić information content (AvgIpc) is 3.35. The number of anilines is 1. The molecule has 0 saturated carbocycles. The molecule has 0 bridgehead atoms. The molecule has 272 valence electrons. The van der Waals surface area contributed by atoms with Crippen molar-refractivity contribution in [1.29, 1.82) is 0 Å². The Morgan fingerprint density at radius 3 is 2.41 bits per heavy atom. The fourth-order valence-electron chi connectivity index (χ4n) is 6.43. The van der Waals surface area contributed by atoms with E-state index in [4.69, 9.17) is 43.0 Å². The number of hydrogen-bond acceptors (Lipinski definition) is 6. The molecule has 4 aliphatic rings. The number of fused-ring (bicyclic) bond motifs is 2. The second-order valence-corrected chi connectivity index (χ2v) is 17.4. The van der Waals surface area contributed by atoms with Crippen molar-refractivity contribution in [2.45, 2.75) is 64.3 Å². The van der Waals surface area contributed by atoms with Gasteiger partial charge < -0.3 is 29.6 Å². The number of benzene rings is 2. The molecule has 8 nitrogen and oxygen atoms in total. The minimum atomic E-state index is -3.43. The van der Waals surface area contributed by atoms with Crippen LogP contribution in [0.3, 0.4) is 0 Å². The number of carboxylic acid groups (broad SMARTS) is 1. The predicted octanol–water partition coefficient (Wildman–Crippen LogP) is 5.23. The minimum absolute atomic E-state index is 0.00858. The minimum Gasteiger partial charge on any atom is -0.545 e. The Hall–Kier alpha value is -3.50. The van der Waals surface area contributed by atoms with Gasteiger partial charge in [0.2, 0.25) is 0 Å². The Labute approximate surface area is 331 Å². The first kappa shape index (κ1) is 21.9. The number of unbranched alkanes of at least 4 members (excludes halogenated alkanes) is 3. The number of carbonyl (C=O) groups excluding carboxylic acids is 2. The highest BCUT2D eigenvalue weighted by molar-refractivity contribution is 6.98. The highest BCUT2D eigenvalue weighted by atomic mass is 35.5. The van der Waals surface area contributed by atoms with Crippen LogP contribution in [-0.2, 0) is 9.47 Å². The van der Waals surface area contributed by atoms with Gasteiger partial charge in [-0.2, -0.15) is 0 Å². The van der Waals surface area contributed by atoms with Gasteiger partial charge in [0.05, 0.1) is 25.8 Å². The number of rotatable bonds is 16. The zero-order chi connectivity index (χ0) is 50.1. The lowest BCUT2D eigenvalue weighted by atomic mass is 9.86. The number of allylic oxidation sites excluding steroid dienone is 5. The second-order valence-electron chi connectivity index (χ2n) is 12.7. The van der Waals surface area contributed by atoms with Gasteiger partial charge in [-0.3, -0.25) is 4.79 Å². The monoisotopic (exact) mass is 745 g/mol. The summed E-state index contributed by atoms with van der Waals surface area (Å²) in [6, 6.07) is 7.78. The number of ether oxygens (including phenoxy) is 2. The SMILES string of the molecule is [2H]C1([2H])N(c2ccc3c(c2)[Si](C)(C)C2=CC(=[N+]4C([2H])([2H])C([2H])([2H])C([2H])([2H])C4([2H])[2H])C=CC2=C3c2cc(C(=O)NCCOCCOCCCCCCCl)ccc2C(=O)[O-])C([2H])([2H])C([2H])([2H])C1([2H])[2H]. The van der Waals surface area contributed by atoms with Gasteiger partial charge in [0, 0.05) is 90.2 Å². The van der Waals surface area contributed by atoms with Crippen molar-refractivity contribution in [3.05, 3.63) is 87.6 Å². The van der Waals surface area contributed by atoms with Crippen LogP contribution in [0.4, 0.5) is 5.69 Å². The predicted molar refractivity (Wildman–Crippen MR) is 206 cm³/mol. The first-order valence-electron chi connectivity index (χ1n) is 24.9. The van der Waals surface area contributed by atoms with Crippen molar-refractivity contribution in [2.24, 2.45) is 0 Å². The molecule has 0 aromatic heterocycles. The molecule has 1 aliphatic carbocycles. The number of nitrogens with one attached hydrogen (secondary N) is 1. The second kappa shape index (κ2) is 17.3. The molecule has 1 N–H and O–H groups in total. The van der Waals surface area contributed by atoms with E-state index in [1.165, 1.54) is 54.6 Å². The standard InChI is InChI=1S/C41H52ClN3O5Si/c1-51(2)37-28-31(44-19-6-7-20-44)12-15-34(37)39(35-16-13-32(29-38(35)51)45-21-8-9-22-45)36-27-30(11-14-33(36)41(47)48)40(46)43-18-24-50-26-25-49-23-10-4-3-5-17-42/h11-16,27-29H,3-10,17-26H2,1-2H3,(H-,43,46,47,48)/i6D2,7D2,8D2,9D2,19D2,20D2,21D2,22D2. The van der Waals surface area contributed by atoms with E-state index < -0.39 is 71.4 Å². The van der Waals surface area contributed by atoms with Gasteiger partial charge in [-0.1, -0.05) is 38.1 Å². The third-order valence-corrected chi connectivity index (χ3v) is 12.8. The first-order chi connectivity index (χ1) is 30.8. The molecule has 3 heterocycles. The molecule has 2 aromatic rings. The summed E-state index contributed by atoms with van der Waals surface area (Å²) in [7, 11) is -3.43. The summed E-state index contributed by atoms with van der Waals surface area (Å²) in [5, 5.41) is 16.3. The molecule has 6 rings (SSSR count). The van der Waals surface area contributed by atoms with Crippen molar-refractivity contribution in [2.75, 3.05) is 69.7 Å². The summed E-state index contributed by atoms with van der Waals surface area (Å²) in [4.78, 5) is 26.9. The fraction of sp³-hybridized carbons (Fsp3) is 0.488. The van der Waals surface area contributed by atoms with Crippen LogP contribution in [0.5, 0.6) is 0 Å². The number of carboxylic acids is 1. The quantitative estimate of drug-likeness (QED) is 0.110. The zero-order valence-corrected chi connectivity index (χ0v) is 30.3. The molecule has 10 heteroatoms. The normalized spacial score (nSPS) is 30.4. The van der Waals surface area contributed by atoms with E-state index in [-0.39, 0.29) is 53.4 Å².